The largest absolute Gasteiger partial charge is 0.314 e. The summed E-state index contributed by atoms with van der Waals surface area (Å²) in [5.41, 5.74) is 1.12. The summed E-state index contributed by atoms with van der Waals surface area (Å²) in [6.07, 6.45) is 0. The van der Waals surface area contributed by atoms with Crippen LogP contribution >= 0.6 is 12.4 Å². The van der Waals surface area contributed by atoms with Gasteiger partial charge in [-0.05, 0) is 5.56 Å². The van der Waals surface area contributed by atoms with Gasteiger partial charge in [-0.2, -0.15) is 0 Å². The van der Waals surface area contributed by atoms with Crippen molar-refractivity contribution in [1.29, 1.82) is 0 Å². The van der Waals surface area contributed by atoms with Crippen molar-refractivity contribution in [2.24, 2.45) is 0 Å². The van der Waals surface area contributed by atoms with Crippen molar-refractivity contribution in [3.8, 4) is 0 Å². The summed E-state index contributed by atoms with van der Waals surface area (Å²) in [5, 5.41) is 17.2. The molecule has 0 bridgehead atoms. The van der Waals surface area contributed by atoms with Crippen LogP contribution in [-0.2, 0) is 0 Å². The van der Waals surface area contributed by atoms with E-state index >= 15 is 0 Å². The van der Waals surface area contributed by atoms with Gasteiger partial charge in [0, 0.05) is 37.8 Å². The molecule has 1 heterocycles. The third-order valence-corrected chi connectivity index (χ3v) is 2.52. The summed E-state index contributed by atoms with van der Waals surface area (Å²) in [5.74, 6) is 0. The van der Waals surface area contributed by atoms with Crippen LogP contribution in [0.2, 0.25) is 0 Å². The minimum absolute atomic E-state index is 0. The Hall–Kier alpha value is -1.17. The zero-order valence-corrected chi connectivity index (χ0v) is 9.50. The standard InChI is InChI=1S/C10H13N3O2.ClH/c14-13(15)9-3-1-2-8(6-9)10-7-11-4-5-12-10;/h1-3,6,10-12H,4-5,7H2;1H/t10-;/m0./s1. The number of hydrogen-bond acceptors (Lipinski definition) is 4. The highest BCUT2D eigenvalue weighted by Crippen LogP contribution is 2.19. The normalized spacial score (nSPS) is 19.9. The number of nitro benzene ring substituents is 1. The zero-order valence-electron chi connectivity index (χ0n) is 8.68. The van der Waals surface area contributed by atoms with Crippen LogP contribution in [0.1, 0.15) is 11.6 Å². The van der Waals surface area contributed by atoms with Gasteiger partial charge in [0.2, 0.25) is 0 Å². The monoisotopic (exact) mass is 243 g/mol. The molecule has 5 nitrogen and oxygen atoms in total. The van der Waals surface area contributed by atoms with E-state index in [0.717, 1.165) is 25.2 Å². The first-order chi connectivity index (χ1) is 7.27. The molecule has 1 aromatic carbocycles. The minimum atomic E-state index is -0.361. The maximum Gasteiger partial charge on any atom is 0.269 e. The zero-order chi connectivity index (χ0) is 10.7. The SMILES string of the molecule is Cl.O=[N+]([O-])c1cccc([C@@H]2CNCCN2)c1. The average molecular weight is 244 g/mol. The molecule has 88 valence electrons. The van der Waals surface area contributed by atoms with Gasteiger partial charge in [0.05, 0.1) is 4.92 Å². The predicted octanol–water partition coefficient (Wildman–Crippen LogP) is 1.25. The van der Waals surface area contributed by atoms with Crippen molar-refractivity contribution in [3.63, 3.8) is 0 Å². The number of piperazine rings is 1. The molecule has 0 saturated carbocycles. The number of benzene rings is 1. The van der Waals surface area contributed by atoms with Gasteiger partial charge in [0.25, 0.3) is 5.69 Å². The van der Waals surface area contributed by atoms with Crippen LogP contribution in [0.15, 0.2) is 24.3 Å². The van der Waals surface area contributed by atoms with Crippen molar-refractivity contribution in [3.05, 3.63) is 39.9 Å². The lowest BCUT2D eigenvalue weighted by molar-refractivity contribution is -0.384. The molecule has 1 aliphatic heterocycles. The third-order valence-electron chi connectivity index (χ3n) is 2.52. The van der Waals surface area contributed by atoms with Gasteiger partial charge in [-0.15, -0.1) is 12.4 Å². The number of nitrogens with one attached hydrogen (secondary N) is 2. The third kappa shape index (κ3) is 2.91. The van der Waals surface area contributed by atoms with E-state index in [1.165, 1.54) is 6.07 Å². The van der Waals surface area contributed by atoms with Crippen LogP contribution in [0.3, 0.4) is 0 Å². The van der Waals surface area contributed by atoms with Crippen molar-refractivity contribution in [1.82, 2.24) is 10.6 Å². The Kier molecular flexibility index (Phi) is 4.67. The molecule has 2 rings (SSSR count). The molecular formula is C10H14ClN3O2. The molecule has 1 fully saturated rings. The fraction of sp³-hybridized carbons (Fsp3) is 0.400. The number of nitro groups is 1. The van der Waals surface area contributed by atoms with Gasteiger partial charge in [-0.25, -0.2) is 0 Å². The molecule has 1 atom stereocenters. The molecule has 0 aromatic heterocycles. The van der Waals surface area contributed by atoms with Crippen molar-refractivity contribution in [2.45, 2.75) is 6.04 Å². The Morgan fingerprint density at radius 3 is 2.81 bits per heavy atom. The summed E-state index contributed by atoms with van der Waals surface area (Å²) in [4.78, 5) is 10.2. The van der Waals surface area contributed by atoms with E-state index in [2.05, 4.69) is 10.6 Å². The molecule has 1 aromatic rings. The predicted molar refractivity (Wildman–Crippen MR) is 64.0 cm³/mol. The second-order valence-electron chi connectivity index (χ2n) is 3.56. The highest BCUT2D eigenvalue weighted by Gasteiger charge is 2.16. The summed E-state index contributed by atoms with van der Waals surface area (Å²) in [6.45, 7) is 2.67. The molecule has 1 aliphatic rings. The number of nitrogens with zero attached hydrogens (tertiary/aromatic N) is 1. The highest BCUT2D eigenvalue weighted by molar-refractivity contribution is 5.85. The van der Waals surface area contributed by atoms with Gasteiger partial charge < -0.3 is 10.6 Å². The van der Waals surface area contributed by atoms with Gasteiger partial charge >= 0.3 is 0 Å². The van der Waals surface area contributed by atoms with Crippen LogP contribution in [0.5, 0.6) is 0 Å². The first-order valence-electron chi connectivity index (χ1n) is 4.96. The molecular weight excluding hydrogens is 230 g/mol. The lowest BCUT2D eigenvalue weighted by atomic mass is 10.0. The van der Waals surface area contributed by atoms with Crippen LogP contribution in [0.25, 0.3) is 0 Å². The fourth-order valence-electron chi connectivity index (χ4n) is 1.74. The molecule has 0 unspecified atom stereocenters. The number of non-ortho nitro benzene ring substituents is 1. The first kappa shape index (κ1) is 12.9. The Morgan fingerprint density at radius 1 is 1.38 bits per heavy atom. The molecule has 0 aliphatic carbocycles. The molecule has 1 saturated heterocycles. The number of hydrogen-bond donors (Lipinski definition) is 2. The van der Waals surface area contributed by atoms with Crippen molar-refractivity contribution in [2.75, 3.05) is 19.6 Å². The smallest absolute Gasteiger partial charge is 0.269 e. The van der Waals surface area contributed by atoms with Crippen LogP contribution < -0.4 is 10.6 Å². The molecule has 0 radical (unpaired) electrons. The van der Waals surface area contributed by atoms with E-state index in [9.17, 15) is 10.1 Å². The highest BCUT2D eigenvalue weighted by atomic mass is 35.5. The minimum Gasteiger partial charge on any atom is -0.314 e. The van der Waals surface area contributed by atoms with Crippen molar-refractivity contribution < 1.29 is 4.92 Å². The van der Waals surface area contributed by atoms with Crippen LogP contribution in [0, 0.1) is 10.1 Å². The molecule has 16 heavy (non-hydrogen) atoms. The van der Waals surface area contributed by atoms with E-state index in [0.29, 0.717) is 0 Å². The van der Waals surface area contributed by atoms with Crippen molar-refractivity contribution >= 4 is 18.1 Å². The van der Waals surface area contributed by atoms with Crippen LogP contribution in [-0.4, -0.2) is 24.6 Å². The van der Waals surface area contributed by atoms with E-state index in [1.54, 1.807) is 12.1 Å². The van der Waals surface area contributed by atoms with Crippen LogP contribution in [0.4, 0.5) is 5.69 Å². The molecule has 6 heteroatoms. The van der Waals surface area contributed by atoms with Gasteiger partial charge in [-0.3, -0.25) is 10.1 Å². The lowest BCUT2D eigenvalue weighted by Crippen LogP contribution is -2.42. The Morgan fingerprint density at radius 2 is 2.19 bits per heavy atom. The lowest BCUT2D eigenvalue weighted by Gasteiger charge is -2.24. The fourth-order valence-corrected chi connectivity index (χ4v) is 1.74. The quantitative estimate of drug-likeness (QED) is 0.606. The topological polar surface area (TPSA) is 67.2 Å². The average Bonchev–Trinajstić information content (AvgIpc) is 2.30. The van der Waals surface area contributed by atoms with Gasteiger partial charge in [0.1, 0.15) is 0 Å². The second-order valence-corrected chi connectivity index (χ2v) is 3.56. The molecule has 0 amide bonds. The van der Waals surface area contributed by atoms with Gasteiger partial charge in [0.15, 0.2) is 0 Å². The Bertz CT molecular complexity index is 367. The molecule has 2 N–H and O–H groups in total. The van der Waals surface area contributed by atoms with E-state index in [4.69, 9.17) is 0 Å². The van der Waals surface area contributed by atoms with E-state index in [-0.39, 0.29) is 29.1 Å². The summed E-state index contributed by atoms with van der Waals surface area (Å²) in [7, 11) is 0. The van der Waals surface area contributed by atoms with E-state index < -0.39 is 0 Å². The Balaban J connectivity index is 0.00000128. The Labute approximate surface area is 99.8 Å². The summed E-state index contributed by atoms with van der Waals surface area (Å²) >= 11 is 0. The summed E-state index contributed by atoms with van der Waals surface area (Å²) in [6, 6.07) is 6.96. The number of rotatable bonds is 2. The summed E-state index contributed by atoms with van der Waals surface area (Å²) < 4.78 is 0. The van der Waals surface area contributed by atoms with Gasteiger partial charge in [-0.1, -0.05) is 12.1 Å². The maximum atomic E-state index is 10.6. The van der Waals surface area contributed by atoms with E-state index in [1.807, 2.05) is 6.07 Å². The maximum absolute atomic E-state index is 10.6. The number of halogens is 1. The first-order valence-corrected chi connectivity index (χ1v) is 4.96. The second kappa shape index (κ2) is 5.79. The molecule has 0 spiro atoms.